The molecule has 18 heavy (non-hydrogen) atoms. The fourth-order valence-electron chi connectivity index (χ4n) is 1.81. The van der Waals surface area contributed by atoms with E-state index in [0.29, 0.717) is 0 Å². The second kappa shape index (κ2) is 5.74. The Morgan fingerprint density at radius 2 is 2.06 bits per heavy atom. The van der Waals surface area contributed by atoms with Gasteiger partial charge in [0.05, 0.1) is 0 Å². The number of hydrogen-bond donors (Lipinski definition) is 1. The van der Waals surface area contributed by atoms with Gasteiger partial charge >= 0.3 is 0 Å². The second-order valence-electron chi connectivity index (χ2n) is 5.17. The molecule has 2 nitrogen and oxygen atoms in total. The van der Waals surface area contributed by atoms with Gasteiger partial charge in [0.15, 0.2) is 5.17 Å². The second-order valence-corrected chi connectivity index (χ2v) is 6.25. The number of rotatable bonds is 3. The lowest BCUT2D eigenvalue weighted by molar-refractivity contribution is 0.446. The summed E-state index contributed by atoms with van der Waals surface area (Å²) in [5.74, 6) is 0.936. The fraction of sp³-hybridized carbons (Fsp3) is 0.500. The van der Waals surface area contributed by atoms with Crippen molar-refractivity contribution in [3.05, 3.63) is 35.6 Å². The van der Waals surface area contributed by atoms with E-state index in [1.165, 1.54) is 12.1 Å². The van der Waals surface area contributed by atoms with Crippen molar-refractivity contribution in [3.63, 3.8) is 0 Å². The summed E-state index contributed by atoms with van der Waals surface area (Å²) in [6.45, 7) is 5.14. The van der Waals surface area contributed by atoms with Gasteiger partial charge in [0.1, 0.15) is 5.82 Å². The van der Waals surface area contributed by atoms with Crippen LogP contribution in [0.25, 0.3) is 0 Å². The Kier molecular flexibility index (Phi) is 4.27. The SMILES string of the molecule is CC1(C)CCSC(=NCCc2ccc(F)cc2)N1. The molecule has 1 aliphatic heterocycles. The monoisotopic (exact) mass is 266 g/mol. The first-order valence-corrected chi connectivity index (χ1v) is 7.24. The van der Waals surface area contributed by atoms with E-state index in [0.717, 1.165) is 35.9 Å². The number of nitrogens with zero attached hydrogens (tertiary/aromatic N) is 1. The number of thioether (sulfide) groups is 1. The Labute approximate surface area is 112 Å². The first kappa shape index (κ1) is 13.4. The van der Waals surface area contributed by atoms with E-state index >= 15 is 0 Å². The summed E-state index contributed by atoms with van der Waals surface area (Å²) >= 11 is 1.78. The van der Waals surface area contributed by atoms with Crippen LogP contribution in [-0.4, -0.2) is 23.0 Å². The minimum Gasteiger partial charge on any atom is -0.360 e. The van der Waals surface area contributed by atoms with Gasteiger partial charge in [-0.2, -0.15) is 0 Å². The van der Waals surface area contributed by atoms with Crippen molar-refractivity contribution < 1.29 is 4.39 Å². The maximum Gasteiger partial charge on any atom is 0.156 e. The highest BCUT2D eigenvalue weighted by atomic mass is 32.2. The minimum absolute atomic E-state index is 0.153. The summed E-state index contributed by atoms with van der Waals surface area (Å²) in [6, 6.07) is 6.64. The minimum atomic E-state index is -0.184. The number of halogens is 1. The maximum atomic E-state index is 12.7. The average Bonchev–Trinajstić information content (AvgIpc) is 2.30. The molecule has 0 aromatic heterocycles. The van der Waals surface area contributed by atoms with Crippen molar-refractivity contribution >= 4 is 16.9 Å². The molecule has 0 aliphatic carbocycles. The molecule has 0 atom stereocenters. The van der Waals surface area contributed by atoms with Crippen LogP contribution in [0.15, 0.2) is 29.3 Å². The summed E-state index contributed by atoms with van der Waals surface area (Å²) < 4.78 is 12.7. The Bertz CT molecular complexity index is 426. The molecule has 0 spiro atoms. The zero-order valence-electron chi connectivity index (χ0n) is 10.9. The highest BCUT2D eigenvalue weighted by Crippen LogP contribution is 2.21. The largest absolute Gasteiger partial charge is 0.360 e. The van der Waals surface area contributed by atoms with E-state index in [1.807, 2.05) is 12.1 Å². The standard InChI is InChI=1S/C14H19FN2S/c1-14(2)8-10-18-13(17-14)16-9-7-11-3-5-12(15)6-4-11/h3-6H,7-10H2,1-2H3,(H,16,17). The third-order valence-electron chi connectivity index (χ3n) is 2.98. The maximum absolute atomic E-state index is 12.7. The third-order valence-corrected chi connectivity index (χ3v) is 3.89. The molecule has 1 aliphatic rings. The molecule has 1 heterocycles. The van der Waals surface area contributed by atoms with Crippen molar-refractivity contribution in [1.82, 2.24) is 5.32 Å². The number of benzene rings is 1. The van der Waals surface area contributed by atoms with E-state index < -0.39 is 0 Å². The van der Waals surface area contributed by atoms with Crippen LogP contribution in [0.4, 0.5) is 4.39 Å². The lowest BCUT2D eigenvalue weighted by atomic mass is 10.0. The zero-order chi connectivity index (χ0) is 13.0. The molecule has 1 saturated heterocycles. The summed E-state index contributed by atoms with van der Waals surface area (Å²) in [5, 5.41) is 4.48. The van der Waals surface area contributed by atoms with E-state index in [9.17, 15) is 4.39 Å². The van der Waals surface area contributed by atoms with Gasteiger partial charge in [-0.25, -0.2) is 4.39 Å². The topological polar surface area (TPSA) is 24.4 Å². The van der Waals surface area contributed by atoms with Crippen molar-refractivity contribution in [3.8, 4) is 0 Å². The highest BCUT2D eigenvalue weighted by molar-refractivity contribution is 8.13. The zero-order valence-corrected chi connectivity index (χ0v) is 11.7. The smallest absolute Gasteiger partial charge is 0.156 e. The van der Waals surface area contributed by atoms with Gasteiger partial charge in [-0.3, -0.25) is 4.99 Å². The van der Waals surface area contributed by atoms with E-state index in [2.05, 4.69) is 24.2 Å². The Hall–Kier alpha value is -1.03. The van der Waals surface area contributed by atoms with Gasteiger partial charge in [0.25, 0.3) is 0 Å². The molecule has 1 N–H and O–H groups in total. The van der Waals surface area contributed by atoms with Crippen LogP contribution in [0, 0.1) is 5.82 Å². The van der Waals surface area contributed by atoms with Crippen LogP contribution in [0.1, 0.15) is 25.8 Å². The first-order chi connectivity index (χ1) is 8.55. The Balaban J connectivity index is 1.85. The molecule has 0 radical (unpaired) electrons. The molecule has 0 saturated carbocycles. The van der Waals surface area contributed by atoms with Gasteiger partial charge in [0.2, 0.25) is 0 Å². The van der Waals surface area contributed by atoms with E-state index in [4.69, 9.17) is 0 Å². The molecule has 0 bridgehead atoms. The summed E-state index contributed by atoms with van der Waals surface area (Å²) in [4.78, 5) is 4.57. The molecule has 1 fully saturated rings. The van der Waals surface area contributed by atoms with E-state index in [-0.39, 0.29) is 11.4 Å². The highest BCUT2D eigenvalue weighted by Gasteiger charge is 2.23. The predicted octanol–water partition coefficient (Wildman–Crippen LogP) is 3.23. The molecule has 1 aromatic carbocycles. The van der Waals surface area contributed by atoms with Crippen molar-refractivity contribution in [2.75, 3.05) is 12.3 Å². The van der Waals surface area contributed by atoms with Crippen molar-refractivity contribution in [2.45, 2.75) is 32.2 Å². The predicted molar refractivity (Wildman–Crippen MR) is 76.7 cm³/mol. The molecule has 4 heteroatoms. The molecule has 2 rings (SSSR count). The van der Waals surface area contributed by atoms with Gasteiger partial charge in [0, 0.05) is 17.8 Å². The number of amidine groups is 1. The lowest BCUT2D eigenvalue weighted by Crippen LogP contribution is -2.46. The third kappa shape index (κ3) is 4.02. The summed E-state index contributed by atoms with van der Waals surface area (Å²) in [5.41, 5.74) is 1.28. The molecular weight excluding hydrogens is 247 g/mol. The molecule has 0 unspecified atom stereocenters. The van der Waals surface area contributed by atoms with Crippen molar-refractivity contribution in [2.24, 2.45) is 4.99 Å². The van der Waals surface area contributed by atoms with Crippen LogP contribution in [0.5, 0.6) is 0 Å². The molecular formula is C14H19FN2S. The number of aliphatic imine (C=N–C) groups is 1. The quantitative estimate of drug-likeness (QED) is 0.908. The van der Waals surface area contributed by atoms with Gasteiger partial charge in [-0.15, -0.1) is 0 Å². The molecule has 1 aromatic rings. The van der Waals surface area contributed by atoms with Gasteiger partial charge < -0.3 is 5.32 Å². The summed E-state index contributed by atoms with van der Waals surface area (Å²) in [6.07, 6.45) is 2.01. The Morgan fingerprint density at radius 1 is 1.33 bits per heavy atom. The number of hydrogen-bond acceptors (Lipinski definition) is 2. The number of nitrogens with one attached hydrogen (secondary N) is 1. The van der Waals surface area contributed by atoms with Crippen LogP contribution >= 0.6 is 11.8 Å². The lowest BCUT2D eigenvalue weighted by Gasteiger charge is -2.32. The molecule has 0 amide bonds. The fourth-order valence-corrected chi connectivity index (χ4v) is 3.15. The average molecular weight is 266 g/mol. The van der Waals surface area contributed by atoms with Gasteiger partial charge in [-0.05, 0) is 44.4 Å². The normalized spacial score (nSPS) is 20.7. The first-order valence-electron chi connectivity index (χ1n) is 6.25. The van der Waals surface area contributed by atoms with Crippen LogP contribution in [0.2, 0.25) is 0 Å². The Morgan fingerprint density at radius 3 is 2.72 bits per heavy atom. The molecule has 98 valence electrons. The van der Waals surface area contributed by atoms with E-state index in [1.54, 1.807) is 11.8 Å². The van der Waals surface area contributed by atoms with Gasteiger partial charge in [-0.1, -0.05) is 23.9 Å². The van der Waals surface area contributed by atoms with Crippen molar-refractivity contribution in [1.29, 1.82) is 0 Å². The summed E-state index contributed by atoms with van der Waals surface area (Å²) in [7, 11) is 0. The van der Waals surface area contributed by atoms with Crippen LogP contribution in [-0.2, 0) is 6.42 Å². The van der Waals surface area contributed by atoms with Crippen LogP contribution < -0.4 is 5.32 Å². The van der Waals surface area contributed by atoms with Crippen LogP contribution in [0.3, 0.4) is 0 Å².